The summed E-state index contributed by atoms with van der Waals surface area (Å²) in [6, 6.07) is 10.2. The molecule has 2 N–H and O–H groups in total. The largest absolute Gasteiger partial charge is 0.338 e. The fraction of sp³-hybridized carbons (Fsp3) is 0.412. The van der Waals surface area contributed by atoms with Crippen molar-refractivity contribution in [2.45, 2.75) is 38.6 Å². The lowest BCUT2D eigenvalue weighted by Gasteiger charge is -2.37. The van der Waals surface area contributed by atoms with Crippen molar-refractivity contribution in [2.75, 3.05) is 11.9 Å². The van der Waals surface area contributed by atoms with E-state index in [9.17, 15) is 4.79 Å². The highest BCUT2D eigenvalue weighted by Crippen LogP contribution is 2.34. The smallest absolute Gasteiger partial charge is 0.240 e. The second kappa shape index (κ2) is 5.93. The van der Waals surface area contributed by atoms with Gasteiger partial charge < -0.3 is 4.52 Å². The number of rotatable bonds is 4. The topological polar surface area (TPSA) is 67.2 Å². The molecule has 1 aliphatic carbocycles. The van der Waals surface area contributed by atoms with Gasteiger partial charge >= 0.3 is 0 Å². The molecule has 0 saturated carbocycles. The molecule has 0 bridgehead atoms. The van der Waals surface area contributed by atoms with E-state index in [0.29, 0.717) is 5.88 Å². The highest BCUT2D eigenvalue weighted by Gasteiger charge is 2.31. The maximum atomic E-state index is 12.1. The first-order chi connectivity index (χ1) is 10.6. The molecule has 3 rings (SSSR count). The average molecular weight is 299 g/mol. The molecule has 0 aliphatic heterocycles. The second-order valence-corrected chi connectivity index (χ2v) is 6.08. The third-order valence-electron chi connectivity index (χ3n) is 4.26. The third-order valence-corrected chi connectivity index (χ3v) is 4.26. The number of carbonyl (C=O) groups excluding carboxylic acids is 1. The highest BCUT2D eigenvalue weighted by atomic mass is 16.5. The van der Waals surface area contributed by atoms with Gasteiger partial charge in [-0.15, -0.1) is 0 Å². The second-order valence-electron chi connectivity index (χ2n) is 6.08. The first-order valence-electron chi connectivity index (χ1n) is 7.63. The summed E-state index contributed by atoms with van der Waals surface area (Å²) in [5.41, 5.74) is 3.25. The van der Waals surface area contributed by atoms with E-state index in [4.69, 9.17) is 4.52 Å². The summed E-state index contributed by atoms with van der Waals surface area (Å²) in [5, 5.41) is 9.87. The van der Waals surface area contributed by atoms with Gasteiger partial charge in [0.15, 0.2) is 0 Å². The molecule has 0 saturated heterocycles. The van der Waals surface area contributed by atoms with Crippen LogP contribution in [0.4, 0.5) is 5.88 Å². The van der Waals surface area contributed by atoms with Gasteiger partial charge in [-0.05, 0) is 44.2 Å². The Bertz CT molecular complexity index is 680. The van der Waals surface area contributed by atoms with E-state index in [0.717, 1.165) is 25.0 Å². The van der Waals surface area contributed by atoms with Crippen LogP contribution in [0.25, 0.3) is 0 Å². The van der Waals surface area contributed by atoms with E-state index in [1.165, 1.54) is 11.1 Å². The van der Waals surface area contributed by atoms with Crippen LogP contribution in [0.15, 0.2) is 34.9 Å². The standard InChI is InChI=1S/C17H21N3O2/c1-12-10-16(22-20-12)19-15(21)11-18-17(2)9-5-7-13-6-3-4-8-14(13)17/h3-4,6,8,10,18H,5,7,9,11H2,1-2H3,(H,19,21)/t17-/m1/s1. The van der Waals surface area contributed by atoms with Gasteiger partial charge in [0, 0.05) is 11.6 Å². The Labute approximate surface area is 130 Å². The zero-order valence-electron chi connectivity index (χ0n) is 13.0. The molecule has 116 valence electrons. The summed E-state index contributed by atoms with van der Waals surface area (Å²) in [4.78, 5) is 12.1. The van der Waals surface area contributed by atoms with Crippen LogP contribution in [0.3, 0.4) is 0 Å². The molecule has 0 fully saturated rings. The molecule has 0 radical (unpaired) electrons. The van der Waals surface area contributed by atoms with E-state index in [-0.39, 0.29) is 18.0 Å². The molecule has 1 aromatic heterocycles. The summed E-state index contributed by atoms with van der Waals surface area (Å²) in [5.74, 6) is 0.263. The Hall–Kier alpha value is -2.14. The van der Waals surface area contributed by atoms with Gasteiger partial charge in [-0.25, -0.2) is 0 Å². The van der Waals surface area contributed by atoms with E-state index in [1.54, 1.807) is 6.07 Å². The number of carbonyl (C=O) groups is 1. The molecule has 1 atom stereocenters. The maximum absolute atomic E-state index is 12.1. The number of hydrogen-bond donors (Lipinski definition) is 2. The molecule has 5 heteroatoms. The Kier molecular flexibility index (Phi) is 3.98. The maximum Gasteiger partial charge on any atom is 0.240 e. The van der Waals surface area contributed by atoms with Gasteiger partial charge in [0.25, 0.3) is 0 Å². The van der Waals surface area contributed by atoms with Gasteiger partial charge in [0.1, 0.15) is 0 Å². The van der Waals surface area contributed by atoms with Gasteiger partial charge in [-0.1, -0.05) is 29.4 Å². The molecular formula is C17H21N3O2. The average Bonchev–Trinajstić information content (AvgIpc) is 2.91. The number of fused-ring (bicyclic) bond motifs is 1. The summed E-state index contributed by atoms with van der Waals surface area (Å²) in [6.07, 6.45) is 3.26. The molecule has 22 heavy (non-hydrogen) atoms. The molecule has 2 aromatic rings. The van der Waals surface area contributed by atoms with Crippen LogP contribution in [0.1, 0.15) is 36.6 Å². The number of benzene rings is 1. The number of nitrogens with zero attached hydrogens (tertiary/aromatic N) is 1. The SMILES string of the molecule is Cc1cc(NC(=O)CN[C@]2(C)CCCc3ccccc32)on1. The van der Waals surface area contributed by atoms with Crippen LogP contribution < -0.4 is 10.6 Å². The van der Waals surface area contributed by atoms with Crippen molar-refractivity contribution in [3.63, 3.8) is 0 Å². The number of aromatic nitrogens is 1. The highest BCUT2D eigenvalue weighted by molar-refractivity contribution is 5.91. The number of aryl methyl sites for hydroxylation is 2. The van der Waals surface area contributed by atoms with Gasteiger partial charge in [0.05, 0.1) is 12.2 Å². The lowest BCUT2D eigenvalue weighted by Crippen LogP contribution is -2.45. The van der Waals surface area contributed by atoms with Crippen molar-refractivity contribution < 1.29 is 9.32 Å². The minimum atomic E-state index is -0.163. The molecule has 0 unspecified atom stereocenters. The van der Waals surface area contributed by atoms with Crippen molar-refractivity contribution in [1.82, 2.24) is 10.5 Å². The normalized spacial score (nSPS) is 20.5. The number of anilines is 1. The monoisotopic (exact) mass is 299 g/mol. The predicted molar refractivity (Wildman–Crippen MR) is 84.6 cm³/mol. The minimum absolute atomic E-state index is 0.125. The quantitative estimate of drug-likeness (QED) is 0.911. The number of hydrogen-bond acceptors (Lipinski definition) is 4. The molecule has 1 aliphatic rings. The van der Waals surface area contributed by atoms with Gasteiger partial charge in [0.2, 0.25) is 11.8 Å². The Balaban J connectivity index is 1.65. The van der Waals surface area contributed by atoms with Crippen LogP contribution in [0.5, 0.6) is 0 Å². The first-order valence-corrected chi connectivity index (χ1v) is 7.63. The summed E-state index contributed by atoms with van der Waals surface area (Å²) in [6.45, 7) is 4.22. The fourth-order valence-corrected chi connectivity index (χ4v) is 3.11. The minimum Gasteiger partial charge on any atom is -0.338 e. The predicted octanol–water partition coefficient (Wildman–Crippen LogP) is 2.76. The Morgan fingerprint density at radius 1 is 1.41 bits per heavy atom. The molecule has 5 nitrogen and oxygen atoms in total. The van der Waals surface area contributed by atoms with Crippen molar-refractivity contribution >= 4 is 11.8 Å². The van der Waals surface area contributed by atoms with Crippen LogP contribution in [0.2, 0.25) is 0 Å². The summed E-state index contributed by atoms with van der Waals surface area (Å²) >= 11 is 0. The molecule has 0 spiro atoms. The van der Waals surface area contributed by atoms with Crippen molar-refractivity contribution in [3.05, 3.63) is 47.2 Å². The number of amides is 1. The van der Waals surface area contributed by atoms with E-state index in [1.807, 2.05) is 6.92 Å². The van der Waals surface area contributed by atoms with Crippen molar-refractivity contribution in [1.29, 1.82) is 0 Å². The molecule has 1 amide bonds. The third kappa shape index (κ3) is 3.04. The van der Waals surface area contributed by atoms with Crippen LogP contribution in [-0.2, 0) is 16.8 Å². The summed E-state index contributed by atoms with van der Waals surface area (Å²) in [7, 11) is 0. The van der Waals surface area contributed by atoms with Crippen molar-refractivity contribution in [3.8, 4) is 0 Å². The molecule has 1 aromatic carbocycles. The van der Waals surface area contributed by atoms with Crippen LogP contribution >= 0.6 is 0 Å². The summed E-state index contributed by atoms with van der Waals surface area (Å²) < 4.78 is 5.00. The Morgan fingerprint density at radius 2 is 2.23 bits per heavy atom. The molecular weight excluding hydrogens is 278 g/mol. The fourth-order valence-electron chi connectivity index (χ4n) is 3.11. The zero-order chi connectivity index (χ0) is 15.6. The van der Waals surface area contributed by atoms with Crippen LogP contribution in [-0.4, -0.2) is 17.6 Å². The van der Waals surface area contributed by atoms with E-state index in [2.05, 4.69) is 47.0 Å². The van der Waals surface area contributed by atoms with Crippen LogP contribution in [0, 0.1) is 6.92 Å². The number of nitrogens with one attached hydrogen (secondary N) is 2. The zero-order valence-corrected chi connectivity index (χ0v) is 13.0. The van der Waals surface area contributed by atoms with E-state index < -0.39 is 0 Å². The van der Waals surface area contributed by atoms with E-state index >= 15 is 0 Å². The first kappa shape index (κ1) is 14.8. The van der Waals surface area contributed by atoms with Gasteiger partial charge in [-0.3, -0.25) is 15.4 Å². The van der Waals surface area contributed by atoms with Gasteiger partial charge in [-0.2, -0.15) is 0 Å². The molecule has 1 heterocycles. The lowest BCUT2D eigenvalue weighted by atomic mass is 9.78. The Morgan fingerprint density at radius 3 is 3.00 bits per heavy atom. The van der Waals surface area contributed by atoms with Crippen molar-refractivity contribution in [2.24, 2.45) is 0 Å². The lowest BCUT2D eigenvalue weighted by molar-refractivity contribution is -0.115.